The fourth-order valence-corrected chi connectivity index (χ4v) is 2.70. The molecule has 0 fully saturated rings. The molecule has 1 N–H and O–H groups in total. The zero-order valence-corrected chi connectivity index (χ0v) is 16.7. The third-order valence-corrected chi connectivity index (χ3v) is 4.28. The van der Waals surface area contributed by atoms with Crippen molar-refractivity contribution in [2.24, 2.45) is 0 Å². The van der Waals surface area contributed by atoms with Gasteiger partial charge in [-0.2, -0.15) is 0 Å². The normalized spacial score (nSPS) is 10.6. The van der Waals surface area contributed by atoms with E-state index in [-0.39, 0.29) is 11.8 Å². The maximum Gasteiger partial charge on any atom is 0.253 e. The van der Waals surface area contributed by atoms with Crippen LogP contribution < -0.4 is 14.8 Å². The van der Waals surface area contributed by atoms with Crippen molar-refractivity contribution in [1.29, 1.82) is 0 Å². The van der Waals surface area contributed by atoms with Crippen LogP contribution in [0.15, 0.2) is 48.5 Å². The minimum Gasteiger partial charge on any atom is -0.493 e. The van der Waals surface area contributed by atoms with Gasteiger partial charge in [0.05, 0.1) is 14.2 Å². The molecule has 6 heteroatoms. The lowest BCUT2D eigenvalue weighted by Crippen LogP contribution is -2.30. The number of nitrogens with zero attached hydrogens (tertiary/aromatic N) is 1. The van der Waals surface area contributed by atoms with Crippen molar-refractivity contribution in [1.82, 2.24) is 4.90 Å². The Balaban J connectivity index is 2.01. The van der Waals surface area contributed by atoms with Crippen molar-refractivity contribution in [2.75, 3.05) is 32.6 Å². The SMILES string of the molecule is CCN(CC)C(=O)c1ccc(NC(=O)/C=C/c2ccc(OC)c(OC)c2)cc1. The summed E-state index contributed by atoms with van der Waals surface area (Å²) in [6.07, 6.45) is 3.13. The maximum absolute atomic E-state index is 12.3. The van der Waals surface area contributed by atoms with E-state index >= 15 is 0 Å². The predicted molar refractivity (Wildman–Crippen MR) is 111 cm³/mol. The van der Waals surface area contributed by atoms with Crippen LogP contribution in [0.4, 0.5) is 5.69 Å². The molecule has 0 aliphatic rings. The van der Waals surface area contributed by atoms with Crippen LogP contribution in [0.5, 0.6) is 11.5 Å². The van der Waals surface area contributed by atoms with Gasteiger partial charge in [0.1, 0.15) is 0 Å². The van der Waals surface area contributed by atoms with Gasteiger partial charge < -0.3 is 19.7 Å². The molecule has 0 saturated heterocycles. The molecule has 2 amide bonds. The number of nitrogens with one attached hydrogen (secondary N) is 1. The number of carbonyl (C=O) groups excluding carboxylic acids is 2. The van der Waals surface area contributed by atoms with E-state index in [9.17, 15) is 9.59 Å². The highest BCUT2D eigenvalue weighted by atomic mass is 16.5. The monoisotopic (exact) mass is 382 g/mol. The third kappa shape index (κ3) is 5.36. The average Bonchev–Trinajstić information content (AvgIpc) is 2.73. The van der Waals surface area contributed by atoms with Gasteiger partial charge in [0, 0.05) is 30.4 Å². The summed E-state index contributed by atoms with van der Waals surface area (Å²) in [4.78, 5) is 26.2. The van der Waals surface area contributed by atoms with Crippen LogP contribution in [0.25, 0.3) is 6.08 Å². The summed E-state index contributed by atoms with van der Waals surface area (Å²) in [7, 11) is 3.13. The van der Waals surface area contributed by atoms with E-state index in [4.69, 9.17) is 9.47 Å². The first kappa shape index (κ1) is 21.0. The summed E-state index contributed by atoms with van der Waals surface area (Å²) in [6.45, 7) is 5.21. The summed E-state index contributed by atoms with van der Waals surface area (Å²) in [5.74, 6) is 0.941. The van der Waals surface area contributed by atoms with E-state index in [1.165, 1.54) is 6.08 Å². The lowest BCUT2D eigenvalue weighted by molar-refractivity contribution is -0.111. The minimum atomic E-state index is -0.266. The molecule has 0 radical (unpaired) electrons. The molecule has 0 heterocycles. The fraction of sp³-hybridized carbons (Fsp3) is 0.273. The van der Waals surface area contributed by atoms with Gasteiger partial charge in [-0.25, -0.2) is 0 Å². The first-order chi connectivity index (χ1) is 13.5. The Morgan fingerprint density at radius 1 is 0.964 bits per heavy atom. The molecule has 148 valence electrons. The highest BCUT2D eigenvalue weighted by Crippen LogP contribution is 2.28. The van der Waals surface area contributed by atoms with Crippen LogP contribution in [-0.4, -0.2) is 44.0 Å². The number of amides is 2. The number of carbonyl (C=O) groups is 2. The molecule has 2 aromatic carbocycles. The topological polar surface area (TPSA) is 67.9 Å². The van der Waals surface area contributed by atoms with Crippen molar-refractivity contribution < 1.29 is 19.1 Å². The predicted octanol–water partition coefficient (Wildman–Crippen LogP) is 3.84. The molecule has 28 heavy (non-hydrogen) atoms. The van der Waals surface area contributed by atoms with Gasteiger partial charge in [0.25, 0.3) is 5.91 Å². The van der Waals surface area contributed by atoms with Gasteiger partial charge in [0.2, 0.25) is 5.91 Å². The number of rotatable bonds is 8. The van der Waals surface area contributed by atoms with Crippen LogP contribution in [0, 0.1) is 0 Å². The molecule has 0 atom stereocenters. The van der Waals surface area contributed by atoms with E-state index in [2.05, 4.69) is 5.32 Å². The van der Waals surface area contributed by atoms with E-state index in [1.807, 2.05) is 19.9 Å². The molecule has 0 aromatic heterocycles. The highest BCUT2D eigenvalue weighted by Gasteiger charge is 2.12. The van der Waals surface area contributed by atoms with Crippen LogP contribution in [0.1, 0.15) is 29.8 Å². The molecule has 0 bridgehead atoms. The smallest absolute Gasteiger partial charge is 0.253 e. The van der Waals surface area contributed by atoms with Gasteiger partial charge in [-0.05, 0) is 61.9 Å². The van der Waals surface area contributed by atoms with E-state index in [0.717, 1.165) is 5.56 Å². The molecule has 0 spiro atoms. The second-order valence-electron chi connectivity index (χ2n) is 5.99. The largest absolute Gasteiger partial charge is 0.493 e. The van der Waals surface area contributed by atoms with Gasteiger partial charge in [-0.1, -0.05) is 6.07 Å². The number of hydrogen-bond acceptors (Lipinski definition) is 4. The van der Waals surface area contributed by atoms with Gasteiger partial charge in [-0.15, -0.1) is 0 Å². The van der Waals surface area contributed by atoms with Crippen molar-refractivity contribution in [2.45, 2.75) is 13.8 Å². The highest BCUT2D eigenvalue weighted by molar-refractivity contribution is 6.02. The van der Waals surface area contributed by atoms with Crippen molar-refractivity contribution in [3.63, 3.8) is 0 Å². The second-order valence-corrected chi connectivity index (χ2v) is 5.99. The summed E-state index contributed by atoms with van der Waals surface area (Å²) in [6, 6.07) is 12.3. The Kier molecular flexibility index (Phi) is 7.63. The molecule has 0 aliphatic heterocycles. The first-order valence-electron chi connectivity index (χ1n) is 9.12. The Morgan fingerprint density at radius 2 is 1.61 bits per heavy atom. The molecule has 0 unspecified atom stereocenters. The summed E-state index contributed by atoms with van der Waals surface area (Å²) in [5, 5.41) is 2.78. The van der Waals surface area contributed by atoms with E-state index < -0.39 is 0 Å². The molecule has 6 nitrogen and oxygen atoms in total. The van der Waals surface area contributed by atoms with Crippen molar-refractivity contribution in [3.05, 3.63) is 59.7 Å². The molecule has 0 aliphatic carbocycles. The quantitative estimate of drug-likeness (QED) is 0.705. The zero-order chi connectivity index (χ0) is 20.5. The standard InChI is InChI=1S/C22H26N2O4/c1-5-24(6-2)22(26)17-9-11-18(12-10-17)23-21(25)14-8-16-7-13-19(27-3)20(15-16)28-4/h7-15H,5-6H2,1-4H3,(H,23,25)/b14-8+. The average molecular weight is 382 g/mol. The van der Waals surface area contributed by atoms with E-state index in [0.29, 0.717) is 35.8 Å². The van der Waals surface area contributed by atoms with Crippen LogP contribution >= 0.6 is 0 Å². The summed E-state index contributed by atoms with van der Waals surface area (Å²) in [5.41, 5.74) is 2.04. The lowest BCUT2D eigenvalue weighted by Gasteiger charge is -2.18. The number of ether oxygens (including phenoxy) is 2. The maximum atomic E-state index is 12.3. The van der Waals surface area contributed by atoms with Crippen LogP contribution in [0.2, 0.25) is 0 Å². The Labute approximate surface area is 165 Å². The molecular weight excluding hydrogens is 356 g/mol. The van der Waals surface area contributed by atoms with Crippen molar-refractivity contribution in [3.8, 4) is 11.5 Å². The third-order valence-electron chi connectivity index (χ3n) is 4.28. The molecule has 2 aromatic rings. The number of hydrogen-bond donors (Lipinski definition) is 1. The minimum absolute atomic E-state index is 0.0174. The van der Waals surface area contributed by atoms with Gasteiger partial charge in [-0.3, -0.25) is 9.59 Å². The number of benzene rings is 2. The lowest BCUT2D eigenvalue weighted by atomic mass is 10.1. The Hall–Kier alpha value is -3.28. The first-order valence-corrected chi connectivity index (χ1v) is 9.12. The van der Waals surface area contributed by atoms with Crippen LogP contribution in [-0.2, 0) is 4.79 Å². The second kappa shape index (κ2) is 10.2. The summed E-state index contributed by atoms with van der Waals surface area (Å²) >= 11 is 0. The number of methoxy groups -OCH3 is 2. The Morgan fingerprint density at radius 3 is 2.18 bits per heavy atom. The molecular formula is C22H26N2O4. The van der Waals surface area contributed by atoms with Crippen LogP contribution in [0.3, 0.4) is 0 Å². The summed E-state index contributed by atoms with van der Waals surface area (Å²) < 4.78 is 10.4. The van der Waals surface area contributed by atoms with Gasteiger partial charge >= 0.3 is 0 Å². The Bertz CT molecular complexity index is 840. The van der Waals surface area contributed by atoms with Crippen molar-refractivity contribution >= 4 is 23.6 Å². The van der Waals surface area contributed by atoms with E-state index in [1.54, 1.807) is 61.6 Å². The zero-order valence-electron chi connectivity index (χ0n) is 16.7. The number of anilines is 1. The van der Waals surface area contributed by atoms with Gasteiger partial charge in [0.15, 0.2) is 11.5 Å². The molecule has 2 rings (SSSR count). The molecule has 0 saturated carbocycles. The fourth-order valence-electron chi connectivity index (χ4n) is 2.70.